The Labute approximate surface area is 181 Å². The Morgan fingerprint density at radius 2 is 1.74 bits per heavy atom. The number of carbonyl (C=O) groups excluding carboxylic acids is 1. The van der Waals surface area contributed by atoms with E-state index in [2.05, 4.69) is 48.4 Å². The SMILES string of the molecule is CC(C)c1ccc(CCNC(=O)CN2CCN(c3ccc(C(F)(F)F)cn3)CC2)cc1. The predicted molar refractivity (Wildman–Crippen MR) is 115 cm³/mol. The highest BCUT2D eigenvalue weighted by Gasteiger charge is 2.31. The number of benzene rings is 1. The lowest BCUT2D eigenvalue weighted by Crippen LogP contribution is -2.49. The molecule has 1 aliphatic heterocycles. The molecule has 0 aliphatic carbocycles. The highest BCUT2D eigenvalue weighted by atomic mass is 19.4. The Morgan fingerprint density at radius 3 is 2.29 bits per heavy atom. The average molecular weight is 435 g/mol. The van der Waals surface area contributed by atoms with Gasteiger partial charge in [-0.2, -0.15) is 13.2 Å². The molecule has 31 heavy (non-hydrogen) atoms. The van der Waals surface area contributed by atoms with Crippen molar-refractivity contribution in [3.05, 3.63) is 59.3 Å². The van der Waals surface area contributed by atoms with Crippen molar-refractivity contribution in [3.63, 3.8) is 0 Å². The van der Waals surface area contributed by atoms with Crippen LogP contribution >= 0.6 is 0 Å². The molecule has 8 heteroatoms. The van der Waals surface area contributed by atoms with Crippen LogP contribution in [0.15, 0.2) is 42.6 Å². The van der Waals surface area contributed by atoms with Gasteiger partial charge >= 0.3 is 6.18 Å². The van der Waals surface area contributed by atoms with Gasteiger partial charge in [0.1, 0.15) is 5.82 Å². The number of amides is 1. The van der Waals surface area contributed by atoms with Crippen LogP contribution in [0.25, 0.3) is 0 Å². The number of nitrogens with zero attached hydrogens (tertiary/aromatic N) is 3. The smallest absolute Gasteiger partial charge is 0.355 e. The van der Waals surface area contributed by atoms with Crippen molar-refractivity contribution in [1.82, 2.24) is 15.2 Å². The monoisotopic (exact) mass is 434 g/mol. The van der Waals surface area contributed by atoms with E-state index in [0.717, 1.165) is 18.7 Å². The van der Waals surface area contributed by atoms with Crippen molar-refractivity contribution in [2.24, 2.45) is 0 Å². The van der Waals surface area contributed by atoms with Crippen molar-refractivity contribution in [2.75, 3.05) is 44.2 Å². The van der Waals surface area contributed by atoms with E-state index in [1.165, 1.54) is 17.2 Å². The number of hydrogen-bond acceptors (Lipinski definition) is 4. The highest BCUT2D eigenvalue weighted by molar-refractivity contribution is 5.78. The number of halogens is 3. The maximum absolute atomic E-state index is 12.7. The molecule has 0 atom stereocenters. The molecular weight excluding hydrogens is 405 g/mol. The summed E-state index contributed by atoms with van der Waals surface area (Å²) in [6.07, 6.45) is -2.72. The molecule has 0 unspecified atom stereocenters. The van der Waals surface area contributed by atoms with E-state index in [0.29, 0.717) is 51.0 Å². The first kappa shape index (κ1) is 23.1. The molecule has 3 rings (SSSR count). The van der Waals surface area contributed by atoms with Gasteiger partial charge < -0.3 is 10.2 Å². The van der Waals surface area contributed by atoms with Gasteiger partial charge in [-0.1, -0.05) is 38.1 Å². The van der Waals surface area contributed by atoms with E-state index in [4.69, 9.17) is 0 Å². The van der Waals surface area contributed by atoms with Gasteiger partial charge in [0.15, 0.2) is 0 Å². The van der Waals surface area contributed by atoms with Crippen LogP contribution in [0, 0.1) is 0 Å². The van der Waals surface area contributed by atoms with Gasteiger partial charge in [-0.3, -0.25) is 9.69 Å². The normalized spacial score (nSPS) is 15.4. The molecule has 1 aromatic carbocycles. The third-order valence-electron chi connectivity index (χ3n) is 5.52. The standard InChI is InChI=1S/C23H29F3N4O/c1-17(2)19-5-3-18(4-6-19)9-10-27-22(31)16-29-11-13-30(14-12-29)21-8-7-20(15-28-21)23(24,25)26/h3-8,15,17H,9-14,16H2,1-2H3,(H,27,31). The van der Waals surface area contributed by atoms with Crippen LogP contribution in [0.1, 0.15) is 36.5 Å². The maximum atomic E-state index is 12.7. The lowest BCUT2D eigenvalue weighted by Gasteiger charge is -2.35. The van der Waals surface area contributed by atoms with E-state index in [1.807, 2.05) is 9.80 Å². The van der Waals surface area contributed by atoms with Crippen molar-refractivity contribution in [1.29, 1.82) is 0 Å². The second-order valence-corrected chi connectivity index (χ2v) is 8.16. The third kappa shape index (κ3) is 6.69. The molecular formula is C23H29F3N4O. The fourth-order valence-corrected chi connectivity index (χ4v) is 3.55. The zero-order chi connectivity index (χ0) is 22.4. The number of nitrogens with one attached hydrogen (secondary N) is 1. The summed E-state index contributed by atoms with van der Waals surface area (Å²) in [4.78, 5) is 20.2. The van der Waals surface area contributed by atoms with E-state index in [9.17, 15) is 18.0 Å². The Hall–Kier alpha value is -2.61. The van der Waals surface area contributed by atoms with E-state index < -0.39 is 11.7 Å². The molecule has 1 fully saturated rings. The first-order valence-corrected chi connectivity index (χ1v) is 10.6. The van der Waals surface area contributed by atoms with Crippen LogP contribution in [0.5, 0.6) is 0 Å². The van der Waals surface area contributed by atoms with Crippen LogP contribution in [0.3, 0.4) is 0 Å². The van der Waals surface area contributed by atoms with Crippen molar-refractivity contribution in [3.8, 4) is 0 Å². The molecule has 1 aliphatic rings. The van der Waals surface area contributed by atoms with Crippen LogP contribution in [-0.2, 0) is 17.4 Å². The molecule has 1 N–H and O–H groups in total. The molecule has 2 heterocycles. The van der Waals surface area contributed by atoms with E-state index in [-0.39, 0.29) is 5.91 Å². The van der Waals surface area contributed by atoms with E-state index >= 15 is 0 Å². The minimum absolute atomic E-state index is 0.0140. The van der Waals surface area contributed by atoms with Gasteiger partial charge in [-0.25, -0.2) is 4.98 Å². The first-order chi connectivity index (χ1) is 14.7. The molecule has 5 nitrogen and oxygen atoms in total. The summed E-state index contributed by atoms with van der Waals surface area (Å²) in [5.41, 5.74) is 1.75. The van der Waals surface area contributed by atoms with Gasteiger partial charge in [0.2, 0.25) is 5.91 Å². The Morgan fingerprint density at radius 1 is 1.06 bits per heavy atom. The first-order valence-electron chi connectivity index (χ1n) is 10.6. The molecule has 2 aromatic rings. The number of piperazine rings is 1. The second kappa shape index (κ2) is 10.1. The molecule has 1 aromatic heterocycles. The predicted octanol–water partition coefficient (Wildman–Crippen LogP) is 3.70. The summed E-state index contributed by atoms with van der Waals surface area (Å²) in [5.74, 6) is 1.02. The molecule has 1 saturated heterocycles. The van der Waals surface area contributed by atoms with Crippen LogP contribution in [0.4, 0.5) is 19.0 Å². The average Bonchev–Trinajstić information content (AvgIpc) is 2.74. The van der Waals surface area contributed by atoms with E-state index in [1.54, 1.807) is 0 Å². The second-order valence-electron chi connectivity index (χ2n) is 8.16. The van der Waals surface area contributed by atoms with Gasteiger partial charge in [0.25, 0.3) is 0 Å². The largest absolute Gasteiger partial charge is 0.417 e. The lowest BCUT2D eigenvalue weighted by molar-refractivity contribution is -0.137. The molecule has 0 spiro atoms. The van der Waals surface area contributed by atoms with Crippen LogP contribution in [0.2, 0.25) is 0 Å². The number of carbonyl (C=O) groups is 1. The Kier molecular flexibility index (Phi) is 7.54. The summed E-state index contributed by atoms with van der Waals surface area (Å²) >= 11 is 0. The number of anilines is 1. The number of aromatic nitrogens is 1. The highest BCUT2D eigenvalue weighted by Crippen LogP contribution is 2.29. The van der Waals surface area contributed by atoms with Gasteiger partial charge in [-0.05, 0) is 35.6 Å². The fourth-order valence-electron chi connectivity index (χ4n) is 3.55. The van der Waals surface area contributed by atoms with Crippen molar-refractivity contribution < 1.29 is 18.0 Å². The maximum Gasteiger partial charge on any atom is 0.417 e. The lowest BCUT2D eigenvalue weighted by atomic mass is 10.0. The number of alkyl halides is 3. The molecule has 1 amide bonds. The number of hydrogen-bond donors (Lipinski definition) is 1. The summed E-state index contributed by atoms with van der Waals surface area (Å²) in [7, 11) is 0. The fraction of sp³-hybridized carbons (Fsp3) is 0.478. The zero-order valence-corrected chi connectivity index (χ0v) is 18.0. The zero-order valence-electron chi connectivity index (χ0n) is 18.0. The summed E-state index contributed by atoms with van der Waals surface area (Å²) < 4.78 is 38.0. The Bertz CT molecular complexity index is 843. The molecule has 0 saturated carbocycles. The number of pyridine rings is 1. The number of rotatable bonds is 7. The van der Waals surface area contributed by atoms with Gasteiger partial charge in [-0.15, -0.1) is 0 Å². The minimum Gasteiger partial charge on any atom is -0.355 e. The van der Waals surface area contributed by atoms with Gasteiger partial charge in [0, 0.05) is 38.9 Å². The quantitative estimate of drug-likeness (QED) is 0.722. The van der Waals surface area contributed by atoms with Crippen molar-refractivity contribution >= 4 is 11.7 Å². The van der Waals surface area contributed by atoms with Crippen molar-refractivity contribution in [2.45, 2.75) is 32.4 Å². The summed E-state index contributed by atoms with van der Waals surface area (Å²) in [6, 6.07) is 10.9. The molecule has 168 valence electrons. The minimum atomic E-state index is -4.38. The molecule has 0 bridgehead atoms. The summed E-state index contributed by atoms with van der Waals surface area (Å²) in [6.45, 7) is 7.79. The van der Waals surface area contributed by atoms with Crippen LogP contribution < -0.4 is 10.2 Å². The third-order valence-corrected chi connectivity index (χ3v) is 5.52. The molecule has 0 radical (unpaired) electrons. The topological polar surface area (TPSA) is 48.5 Å². The van der Waals surface area contributed by atoms with Crippen LogP contribution in [-0.4, -0.2) is 55.1 Å². The Balaban J connectivity index is 1.38. The summed E-state index contributed by atoms with van der Waals surface area (Å²) in [5, 5.41) is 2.97. The van der Waals surface area contributed by atoms with Gasteiger partial charge in [0.05, 0.1) is 12.1 Å².